The minimum atomic E-state index is -0.408. The van der Waals surface area contributed by atoms with Crippen LogP contribution >= 0.6 is 0 Å². The van der Waals surface area contributed by atoms with Gasteiger partial charge in [0, 0.05) is 24.3 Å². The second-order valence-electron chi connectivity index (χ2n) is 5.72. The molecular formula is C16H21N3O2. The first-order valence-corrected chi connectivity index (χ1v) is 7.69. The zero-order valence-electron chi connectivity index (χ0n) is 12.1. The molecule has 2 aliphatic rings. The lowest BCUT2D eigenvalue weighted by atomic mass is 10.0. The van der Waals surface area contributed by atoms with Gasteiger partial charge in [0.2, 0.25) is 5.91 Å². The van der Waals surface area contributed by atoms with E-state index in [1.807, 2.05) is 18.2 Å². The fourth-order valence-electron chi connectivity index (χ4n) is 2.93. The van der Waals surface area contributed by atoms with Crippen LogP contribution in [0.4, 0.5) is 5.69 Å². The summed E-state index contributed by atoms with van der Waals surface area (Å²) in [5, 5.41) is 9.03. The molecule has 0 bridgehead atoms. The number of nitrogens with one attached hydrogen (secondary N) is 3. The molecule has 1 fully saturated rings. The van der Waals surface area contributed by atoms with Gasteiger partial charge in [-0.3, -0.25) is 9.59 Å². The van der Waals surface area contributed by atoms with Crippen molar-refractivity contribution in [1.29, 1.82) is 0 Å². The van der Waals surface area contributed by atoms with Gasteiger partial charge < -0.3 is 16.0 Å². The Balaban J connectivity index is 1.71. The summed E-state index contributed by atoms with van der Waals surface area (Å²) in [6.07, 6.45) is 4.72. The van der Waals surface area contributed by atoms with E-state index in [4.69, 9.17) is 0 Å². The van der Waals surface area contributed by atoms with Gasteiger partial charge in [-0.25, -0.2) is 0 Å². The van der Waals surface area contributed by atoms with Crippen molar-refractivity contribution in [3.05, 3.63) is 29.3 Å². The molecule has 2 heterocycles. The molecule has 3 N–H and O–H groups in total. The first-order chi connectivity index (χ1) is 10.2. The van der Waals surface area contributed by atoms with E-state index in [-0.39, 0.29) is 11.8 Å². The molecule has 5 nitrogen and oxygen atoms in total. The van der Waals surface area contributed by atoms with Gasteiger partial charge in [0.05, 0.1) is 0 Å². The second-order valence-corrected chi connectivity index (χ2v) is 5.72. The third-order valence-electron chi connectivity index (χ3n) is 4.15. The van der Waals surface area contributed by atoms with Gasteiger partial charge in [-0.15, -0.1) is 0 Å². The van der Waals surface area contributed by atoms with Crippen molar-refractivity contribution in [2.45, 2.75) is 38.1 Å². The summed E-state index contributed by atoms with van der Waals surface area (Å²) >= 11 is 0. The molecule has 21 heavy (non-hydrogen) atoms. The van der Waals surface area contributed by atoms with Crippen LogP contribution in [0, 0.1) is 0 Å². The molecule has 3 rings (SSSR count). The van der Waals surface area contributed by atoms with Crippen LogP contribution in [0.5, 0.6) is 0 Å². The standard InChI is InChI=1S/C16H21N3O2/c20-15(19-14-5-1-2-8-18-16(14)21)12-6-7-13-11(10-12)4-3-9-17-13/h6-7,10,14,17H,1-5,8-9H2,(H,18,21)(H,19,20). The maximum atomic E-state index is 12.3. The van der Waals surface area contributed by atoms with Gasteiger partial charge in [-0.2, -0.15) is 0 Å². The van der Waals surface area contributed by atoms with Gasteiger partial charge in [-0.05, 0) is 55.9 Å². The molecule has 0 spiro atoms. The summed E-state index contributed by atoms with van der Waals surface area (Å²) in [6, 6.07) is 5.30. The van der Waals surface area contributed by atoms with Crippen molar-refractivity contribution in [3.8, 4) is 0 Å². The number of anilines is 1. The number of amides is 2. The van der Waals surface area contributed by atoms with E-state index in [2.05, 4.69) is 16.0 Å². The molecular weight excluding hydrogens is 266 g/mol. The molecule has 1 aromatic carbocycles. The Hall–Kier alpha value is -2.04. The molecule has 0 radical (unpaired) electrons. The zero-order chi connectivity index (χ0) is 14.7. The summed E-state index contributed by atoms with van der Waals surface area (Å²) in [4.78, 5) is 24.2. The smallest absolute Gasteiger partial charge is 0.251 e. The quantitative estimate of drug-likeness (QED) is 0.771. The maximum absolute atomic E-state index is 12.3. The molecule has 0 aromatic heterocycles. The Bertz CT molecular complexity index is 556. The molecule has 0 aliphatic carbocycles. The van der Waals surface area contributed by atoms with Gasteiger partial charge in [0.25, 0.3) is 5.91 Å². The number of carbonyl (C=O) groups is 2. The second kappa shape index (κ2) is 6.16. The highest BCUT2D eigenvalue weighted by Crippen LogP contribution is 2.23. The van der Waals surface area contributed by atoms with Crippen LogP contribution in [0.25, 0.3) is 0 Å². The van der Waals surface area contributed by atoms with Gasteiger partial charge in [0.15, 0.2) is 0 Å². The Kier molecular flexibility index (Phi) is 4.08. The van der Waals surface area contributed by atoms with E-state index in [1.54, 1.807) is 0 Å². The van der Waals surface area contributed by atoms with Crippen LogP contribution in [-0.2, 0) is 11.2 Å². The molecule has 2 aliphatic heterocycles. The molecule has 1 unspecified atom stereocenters. The maximum Gasteiger partial charge on any atom is 0.251 e. The molecule has 1 aromatic rings. The molecule has 1 saturated heterocycles. The Morgan fingerprint density at radius 3 is 2.90 bits per heavy atom. The minimum absolute atomic E-state index is 0.0690. The Morgan fingerprint density at radius 1 is 1.14 bits per heavy atom. The lowest BCUT2D eigenvalue weighted by molar-refractivity contribution is -0.122. The van der Waals surface area contributed by atoms with E-state index < -0.39 is 6.04 Å². The monoisotopic (exact) mass is 287 g/mol. The average Bonchev–Trinajstić information content (AvgIpc) is 2.72. The Labute approximate surface area is 124 Å². The predicted molar refractivity (Wildman–Crippen MR) is 81.4 cm³/mol. The predicted octanol–water partition coefficient (Wildman–Crippen LogP) is 1.44. The highest BCUT2D eigenvalue weighted by molar-refractivity contribution is 5.98. The zero-order valence-corrected chi connectivity index (χ0v) is 12.1. The number of hydrogen-bond donors (Lipinski definition) is 3. The topological polar surface area (TPSA) is 70.2 Å². The molecule has 2 amide bonds. The summed E-state index contributed by atoms with van der Waals surface area (Å²) < 4.78 is 0. The largest absolute Gasteiger partial charge is 0.385 e. The number of rotatable bonds is 2. The Morgan fingerprint density at radius 2 is 2.00 bits per heavy atom. The van der Waals surface area contributed by atoms with E-state index in [9.17, 15) is 9.59 Å². The highest BCUT2D eigenvalue weighted by Gasteiger charge is 2.23. The fourth-order valence-corrected chi connectivity index (χ4v) is 2.93. The van der Waals surface area contributed by atoms with Crippen LogP contribution in [0.3, 0.4) is 0 Å². The van der Waals surface area contributed by atoms with Crippen LogP contribution in [-0.4, -0.2) is 30.9 Å². The van der Waals surface area contributed by atoms with E-state index in [0.717, 1.165) is 37.9 Å². The third-order valence-corrected chi connectivity index (χ3v) is 4.15. The SMILES string of the molecule is O=C(NC1CCCCNC1=O)c1ccc2c(c1)CCCN2. The van der Waals surface area contributed by atoms with Crippen molar-refractivity contribution >= 4 is 17.5 Å². The number of aryl methyl sites for hydroxylation is 1. The van der Waals surface area contributed by atoms with Crippen molar-refractivity contribution < 1.29 is 9.59 Å². The summed E-state index contributed by atoms with van der Waals surface area (Å²) in [7, 11) is 0. The van der Waals surface area contributed by atoms with Crippen molar-refractivity contribution in [2.75, 3.05) is 18.4 Å². The molecule has 1 atom stereocenters. The summed E-state index contributed by atoms with van der Waals surface area (Å²) in [5.74, 6) is -0.231. The first-order valence-electron chi connectivity index (χ1n) is 7.69. The van der Waals surface area contributed by atoms with Crippen LogP contribution in [0.1, 0.15) is 41.6 Å². The fraction of sp³-hybridized carbons (Fsp3) is 0.500. The lowest BCUT2D eigenvalue weighted by Gasteiger charge is -2.19. The van der Waals surface area contributed by atoms with Crippen molar-refractivity contribution in [1.82, 2.24) is 10.6 Å². The molecule has 112 valence electrons. The van der Waals surface area contributed by atoms with Crippen LogP contribution in [0.2, 0.25) is 0 Å². The van der Waals surface area contributed by atoms with Crippen molar-refractivity contribution in [2.24, 2.45) is 0 Å². The van der Waals surface area contributed by atoms with Gasteiger partial charge in [-0.1, -0.05) is 0 Å². The van der Waals surface area contributed by atoms with Crippen LogP contribution in [0.15, 0.2) is 18.2 Å². The average molecular weight is 287 g/mol. The summed E-state index contributed by atoms with van der Waals surface area (Å²) in [6.45, 7) is 1.69. The number of fused-ring (bicyclic) bond motifs is 1. The molecule has 5 heteroatoms. The van der Waals surface area contributed by atoms with E-state index >= 15 is 0 Å². The van der Waals surface area contributed by atoms with Gasteiger partial charge >= 0.3 is 0 Å². The van der Waals surface area contributed by atoms with Crippen molar-refractivity contribution in [3.63, 3.8) is 0 Å². The van der Waals surface area contributed by atoms with E-state index in [1.165, 1.54) is 5.56 Å². The number of benzene rings is 1. The minimum Gasteiger partial charge on any atom is -0.385 e. The first kappa shape index (κ1) is 13.9. The summed E-state index contributed by atoms with van der Waals surface area (Å²) in [5.41, 5.74) is 2.93. The third kappa shape index (κ3) is 3.17. The van der Waals surface area contributed by atoms with Crippen LogP contribution < -0.4 is 16.0 Å². The highest BCUT2D eigenvalue weighted by atomic mass is 16.2. The van der Waals surface area contributed by atoms with E-state index in [0.29, 0.717) is 18.5 Å². The number of carbonyl (C=O) groups excluding carboxylic acids is 2. The molecule has 0 saturated carbocycles. The number of hydrogen-bond acceptors (Lipinski definition) is 3. The lowest BCUT2D eigenvalue weighted by Crippen LogP contribution is -2.45. The normalized spacial score (nSPS) is 21.5. The van der Waals surface area contributed by atoms with Gasteiger partial charge in [0.1, 0.15) is 6.04 Å².